The lowest BCUT2D eigenvalue weighted by Gasteiger charge is -2.21. The molecular formula is C18H20N4O3. The summed E-state index contributed by atoms with van der Waals surface area (Å²) >= 11 is 0. The smallest absolute Gasteiger partial charge is 0.328 e. The Bertz CT molecular complexity index is 770. The van der Waals surface area contributed by atoms with E-state index in [1.54, 1.807) is 10.9 Å². The van der Waals surface area contributed by atoms with Crippen molar-refractivity contribution in [2.45, 2.75) is 25.4 Å². The van der Waals surface area contributed by atoms with Crippen LogP contribution in [0.4, 0.5) is 0 Å². The number of nitrogens with zero attached hydrogens (tertiary/aromatic N) is 4. The monoisotopic (exact) mass is 340 g/mol. The van der Waals surface area contributed by atoms with Crippen LogP contribution in [0.25, 0.3) is 6.08 Å². The van der Waals surface area contributed by atoms with Crippen molar-refractivity contribution in [2.75, 3.05) is 13.7 Å². The molecule has 1 atom stereocenters. The van der Waals surface area contributed by atoms with Gasteiger partial charge in [-0.05, 0) is 18.4 Å². The summed E-state index contributed by atoms with van der Waals surface area (Å²) in [6.07, 6.45) is 6.93. The van der Waals surface area contributed by atoms with Gasteiger partial charge in [0.15, 0.2) is 5.69 Å². The number of allylic oxidation sites excluding steroid dienone is 1. The van der Waals surface area contributed by atoms with Crippen molar-refractivity contribution in [1.82, 2.24) is 19.9 Å². The predicted octanol–water partition coefficient (Wildman–Crippen LogP) is 1.77. The molecule has 1 amide bonds. The van der Waals surface area contributed by atoms with E-state index in [4.69, 9.17) is 4.74 Å². The Balaban J connectivity index is 1.63. The van der Waals surface area contributed by atoms with Gasteiger partial charge in [0.1, 0.15) is 6.04 Å². The lowest BCUT2D eigenvalue weighted by atomic mass is 10.2. The first kappa shape index (κ1) is 16.9. The molecule has 7 heteroatoms. The van der Waals surface area contributed by atoms with Gasteiger partial charge in [-0.25, -0.2) is 9.48 Å². The second kappa shape index (κ2) is 7.74. The maximum absolute atomic E-state index is 12.6. The summed E-state index contributed by atoms with van der Waals surface area (Å²) in [5.41, 5.74) is 1.33. The van der Waals surface area contributed by atoms with E-state index < -0.39 is 6.04 Å². The van der Waals surface area contributed by atoms with Crippen LogP contribution in [0, 0.1) is 0 Å². The third kappa shape index (κ3) is 3.93. The summed E-state index contributed by atoms with van der Waals surface area (Å²) in [5, 5.41) is 7.92. The molecule has 1 fully saturated rings. The van der Waals surface area contributed by atoms with Crippen molar-refractivity contribution in [1.29, 1.82) is 0 Å². The maximum Gasteiger partial charge on any atom is 0.328 e. The van der Waals surface area contributed by atoms with E-state index in [0.29, 0.717) is 19.5 Å². The van der Waals surface area contributed by atoms with Crippen LogP contribution >= 0.6 is 0 Å². The van der Waals surface area contributed by atoms with Gasteiger partial charge in [0, 0.05) is 6.54 Å². The Kier molecular flexibility index (Phi) is 5.23. The van der Waals surface area contributed by atoms with Crippen molar-refractivity contribution < 1.29 is 14.3 Å². The Hall–Kier alpha value is -2.96. The van der Waals surface area contributed by atoms with Gasteiger partial charge < -0.3 is 9.64 Å². The first-order valence-electron chi connectivity index (χ1n) is 8.19. The first-order valence-corrected chi connectivity index (χ1v) is 8.19. The minimum absolute atomic E-state index is 0.240. The molecule has 0 bridgehead atoms. The number of esters is 1. The number of likely N-dealkylation sites (tertiary alicyclic amines) is 1. The quantitative estimate of drug-likeness (QED) is 0.775. The van der Waals surface area contributed by atoms with Gasteiger partial charge in [-0.15, -0.1) is 5.10 Å². The van der Waals surface area contributed by atoms with Crippen LogP contribution in [0.3, 0.4) is 0 Å². The number of hydrogen-bond acceptors (Lipinski definition) is 5. The Morgan fingerprint density at radius 3 is 2.88 bits per heavy atom. The number of benzene rings is 1. The SMILES string of the molecule is COC(=O)[C@@H]1CCCN1C(=O)c1cn(C/C=C/c2ccccc2)nn1. The molecule has 2 aromatic rings. The second-order valence-electron chi connectivity index (χ2n) is 5.82. The summed E-state index contributed by atoms with van der Waals surface area (Å²) in [7, 11) is 1.33. The lowest BCUT2D eigenvalue weighted by molar-refractivity contribution is -0.145. The number of carbonyl (C=O) groups is 2. The largest absolute Gasteiger partial charge is 0.467 e. The number of aromatic nitrogens is 3. The highest BCUT2D eigenvalue weighted by Crippen LogP contribution is 2.20. The van der Waals surface area contributed by atoms with Crippen LogP contribution in [-0.2, 0) is 16.1 Å². The molecule has 25 heavy (non-hydrogen) atoms. The minimum atomic E-state index is -0.527. The van der Waals surface area contributed by atoms with Crippen molar-refractivity contribution in [3.05, 3.63) is 53.9 Å². The second-order valence-corrected chi connectivity index (χ2v) is 5.82. The Morgan fingerprint density at radius 2 is 2.12 bits per heavy atom. The van der Waals surface area contributed by atoms with E-state index >= 15 is 0 Å². The van der Waals surface area contributed by atoms with E-state index in [0.717, 1.165) is 12.0 Å². The molecule has 3 rings (SSSR count). The van der Waals surface area contributed by atoms with E-state index in [1.807, 2.05) is 42.5 Å². The topological polar surface area (TPSA) is 77.3 Å². The fourth-order valence-electron chi connectivity index (χ4n) is 2.88. The van der Waals surface area contributed by atoms with Gasteiger partial charge in [0.25, 0.3) is 5.91 Å². The molecule has 0 spiro atoms. The standard InChI is InChI=1S/C18H20N4O3/c1-25-18(24)16-10-6-12-22(16)17(23)15-13-21(20-19-15)11-5-9-14-7-3-2-4-8-14/h2-5,7-9,13,16H,6,10-12H2,1H3/b9-5+/t16-/m0/s1. The fraction of sp³-hybridized carbons (Fsp3) is 0.333. The first-order chi connectivity index (χ1) is 12.2. The molecule has 130 valence electrons. The summed E-state index contributed by atoms with van der Waals surface area (Å²) < 4.78 is 6.36. The summed E-state index contributed by atoms with van der Waals surface area (Å²) in [6, 6.07) is 9.40. The van der Waals surface area contributed by atoms with Crippen LogP contribution in [0.15, 0.2) is 42.6 Å². The zero-order valence-electron chi connectivity index (χ0n) is 14.0. The minimum Gasteiger partial charge on any atom is -0.467 e. The molecule has 0 aliphatic carbocycles. The average molecular weight is 340 g/mol. The third-order valence-electron chi connectivity index (χ3n) is 4.15. The highest BCUT2D eigenvalue weighted by Gasteiger charge is 2.36. The summed E-state index contributed by atoms with van der Waals surface area (Å²) in [5.74, 6) is -0.671. The van der Waals surface area contributed by atoms with Gasteiger partial charge in [-0.2, -0.15) is 0 Å². The van der Waals surface area contributed by atoms with Crippen LogP contribution in [-0.4, -0.2) is 51.5 Å². The molecule has 1 aliphatic rings. The predicted molar refractivity (Wildman–Crippen MR) is 91.6 cm³/mol. The van der Waals surface area contributed by atoms with Crippen molar-refractivity contribution in [3.8, 4) is 0 Å². The van der Waals surface area contributed by atoms with Gasteiger partial charge in [-0.3, -0.25) is 4.79 Å². The van der Waals surface area contributed by atoms with Crippen molar-refractivity contribution in [3.63, 3.8) is 0 Å². The van der Waals surface area contributed by atoms with Crippen molar-refractivity contribution >= 4 is 18.0 Å². The highest BCUT2D eigenvalue weighted by atomic mass is 16.5. The fourth-order valence-corrected chi connectivity index (χ4v) is 2.88. The van der Waals surface area contributed by atoms with Crippen LogP contribution in [0.2, 0.25) is 0 Å². The molecule has 0 unspecified atom stereocenters. The number of rotatable bonds is 5. The van der Waals surface area contributed by atoms with E-state index in [1.165, 1.54) is 12.0 Å². The molecule has 0 N–H and O–H groups in total. The van der Waals surface area contributed by atoms with Crippen LogP contribution in [0.1, 0.15) is 28.9 Å². The number of amides is 1. The lowest BCUT2D eigenvalue weighted by Crippen LogP contribution is -2.41. The molecule has 1 aliphatic heterocycles. The molecule has 2 heterocycles. The molecule has 1 aromatic heterocycles. The Labute approximate surface area is 145 Å². The van der Waals surface area contributed by atoms with Gasteiger partial charge >= 0.3 is 5.97 Å². The van der Waals surface area contributed by atoms with E-state index in [2.05, 4.69) is 10.3 Å². The highest BCUT2D eigenvalue weighted by molar-refractivity contribution is 5.95. The number of ether oxygens (including phenoxy) is 1. The average Bonchev–Trinajstić information content (AvgIpc) is 3.31. The van der Waals surface area contributed by atoms with Crippen LogP contribution in [0.5, 0.6) is 0 Å². The van der Waals surface area contributed by atoms with E-state index in [-0.39, 0.29) is 17.6 Å². The molecule has 1 saturated heterocycles. The van der Waals surface area contributed by atoms with Crippen molar-refractivity contribution in [2.24, 2.45) is 0 Å². The zero-order valence-corrected chi connectivity index (χ0v) is 14.0. The molecule has 0 saturated carbocycles. The van der Waals surface area contributed by atoms with Gasteiger partial charge in [-0.1, -0.05) is 47.7 Å². The molecule has 0 radical (unpaired) electrons. The van der Waals surface area contributed by atoms with Gasteiger partial charge in [0.05, 0.1) is 19.9 Å². The zero-order chi connectivity index (χ0) is 17.6. The number of hydrogen-bond donors (Lipinski definition) is 0. The van der Waals surface area contributed by atoms with Crippen LogP contribution < -0.4 is 0 Å². The summed E-state index contributed by atoms with van der Waals surface area (Å²) in [4.78, 5) is 25.9. The molecule has 7 nitrogen and oxygen atoms in total. The Morgan fingerprint density at radius 1 is 1.32 bits per heavy atom. The number of methoxy groups -OCH3 is 1. The molecular weight excluding hydrogens is 320 g/mol. The van der Waals surface area contributed by atoms with Gasteiger partial charge in [0.2, 0.25) is 0 Å². The summed E-state index contributed by atoms with van der Waals surface area (Å²) in [6.45, 7) is 1.04. The third-order valence-corrected chi connectivity index (χ3v) is 4.15. The van der Waals surface area contributed by atoms with E-state index in [9.17, 15) is 9.59 Å². The number of carbonyl (C=O) groups excluding carboxylic acids is 2. The maximum atomic E-state index is 12.6. The molecule has 1 aromatic carbocycles. The normalized spacial score (nSPS) is 17.2.